The van der Waals surface area contributed by atoms with Gasteiger partial charge in [-0.1, -0.05) is 34.1 Å². The largest absolute Gasteiger partial charge is 0.396 e. The first kappa shape index (κ1) is 11.0. The number of hydrogen-bond donors (Lipinski definition) is 1. The van der Waals surface area contributed by atoms with Crippen molar-refractivity contribution < 1.29 is 5.11 Å². The molecule has 3 atom stereocenters. The SMILES string of the molecule is CC1CCC(CO)(C(C)C)C(C)C1. The molecular formula is C12H24O. The summed E-state index contributed by atoms with van der Waals surface area (Å²) < 4.78 is 0. The van der Waals surface area contributed by atoms with Crippen molar-refractivity contribution in [2.24, 2.45) is 23.2 Å². The topological polar surface area (TPSA) is 20.2 Å². The van der Waals surface area contributed by atoms with Crippen molar-refractivity contribution in [3.05, 3.63) is 0 Å². The predicted octanol–water partition coefficient (Wildman–Crippen LogP) is 3.08. The van der Waals surface area contributed by atoms with Gasteiger partial charge in [-0.25, -0.2) is 0 Å². The van der Waals surface area contributed by atoms with E-state index >= 15 is 0 Å². The molecule has 0 bridgehead atoms. The summed E-state index contributed by atoms with van der Waals surface area (Å²) in [6.07, 6.45) is 3.80. The van der Waals surface area contributed by atoms with E-state index in [0.29, 0.717) is 18.4 Å². The smallest absolute Gasteiger partial charge is 0.0492 e. The molecule has 0 aliphatic heterocycles. The van der Waals surface area contributed by atoms with Crippen LogP contribution in [0.5, 0.6) is 0 Å². The van der Waals surface area contributed by atoms with Crippen LogP contribution in [-0.4, -0.2) is 11.7 Å². The molecule has 0 saturated heterocycles. The van der Waals surface area contributed by atoms with Gasteiger partial charge in [-0.05, 0) is 36.0 Å². The summed E-state index contributed by atoms with van der Waals surface area (Å²) in [4.78, 5) is 0. The minimum Gasteiger partial charge on any atom is -0.396 e. The highest BCUT2D eigenvalue weighted by Crippen LogP contribution is 2.47. The molecule has 1 N–H and O–H groups in total. The Bertz CT molecular complexity index is 165. The summed E-state index contributed by atoms with van der Waals surface area (Å²) in [5, 5.41) is 9.57. The van der Waals surface area contributed by atoms with E-state index in [9.17, 15) is 5.11 Å². The maximum Gasteiger partial charge on any atom is 0.0492 e. The van der Waals surface area contributed by atoms with Gasteiger partial charge in [0, 0.05) is 6.61 Å². The molecule has 1 heteroatoms. The van der Waals surface area contributed by atoms with Gasteiger partial charge in [-0.3, -0.25) is 0 Å². The predicted molar refractivity (Wildman–Crippen MR) is 56.5 cm³/mol. The highest BCUT2D eigenvalue weighted by Gasteiger charge is 2.41. The van der Waals surface area contributed by atoms with E-state index in [1.54, 1.807) is 0 Å². The molecule has 13 heavy (non-hydrogen) atoms. The number of rotatable bonds is 2. The summed E-state index contributed by atoms with van der Waals surface area (Å²) in [7, 11) is 0. The fourth-order valence-electron chi connectivity index (χ4n) is 2.99. The van der Waals surface area contributed by atoms with E-state index in [2.05, 4.69) is 27.7 Å². The Labute approximate surface area is 82.5 Å². The zero-order valence-electron chi connectivity index (χ0n) is 9.51. The summed E-state index contributed by atoms with van der Waals surface area (Å²) in [6, 6.07) is 0. The lowest BCUT2D eigenvalue weighted by Crippen LogP contribution is -2.42. The molecule has 3 unspecified atom stereocenters. The molecule has 0 aromatic rings. The van der Waals surface area contributed by atoms with Crippen LogP contribution in [0.4, 0.5) is 0 Å². The molecule has 0 spiro atoms. The average Bonchev–Trinajstić information content (AvgIpc) is 2.04. The van der Waals surface area contributed by atoms with Gasteiger partial charge in [-0.2, -0.15) is 0 Å². The lowest BCUT2D eigenvalue weighted by molar-refractivity contribution is -0.0230. The molecule has 1 rings (SSSR count). The Morgan fingerprint density at radius 2 is 2.00 bits per heavy atom. The van der Waals surface area contributed by atoms with Crippen molar-refractivity contribution in [1.29, 1.82) is 0 Å². The van der Waals surface area contributed by atoms with E-state index in [1.165, 1.54) is 19.3 Å². The van der Waals surface area contributed by atoms with Crippen molar-refractivity contribution in [2.75, 3.05) is 6.61 Å². The Balaban J connectivity index is 2.75. The van der Waals surface area contributed by atoms with E-state index in [1.807, 2.05) is 0 Å². The molecular weight excluding hydrogens is 160 g/mol. The van der Waals surface area contributed by atoms with Crippen molar-refractivity contribution in [3.8, 4) is 0 Å². The maximum absolute atomic E-state index is 9.57. The number of hydrogen-bond acceptors (Lipinski definition) is 1. The summed E-state index contributed by atoms with van der Waals surface area (Å²) in [6.45, 7) is 9.52. The van der Waals surface area contributed by atoms with Crippen LogP contribution in [0.25, 0.3) is 0 Å². The van der Waals surface area contributed by atoms with E-state index < -0.39 is 0 Å². The monoisotopic (exact) mass is 184 g/mol. The van der Waals surface area contributed by atoms with Crippen molar-refractivity contribution in [1.82, 2.24) is 0 Å². The quantitative estimate of drug-likeness (QED) is 0.699. The minimum absolute atomic E-state index is 0.215. The lowest BCUT2D eigenvalue weighted by atomic mass is 9.59. The summed E-state index contributed by atoms with van der Waals surface area (Å²) in [5.74, 6) is 2.15. The Kier molecular flexibility index (Phi) is 3.39. The van der Waals surface area contributed by atoms with Crippen LogP contribution in [0.2, 0.25) is 0 Å². The second-order valence-corrected chi connectivity index (χ2v) is 5.33. The van der Waals surface area contributed by atoms with Gasteiger partial charge in [-0.15, -0.1) is 0 Å². The van der Waals surface area contributed by atoms with Crippen molar-refractivity contribution in [2.45, 2.75) is 47.0 Å². The third-order valence-corrected chi connectivity index (χ3v) is 4.28. The molecule has 1 saturated carbocycles. The number of aliphatic hydroxyl groups excluding tert-OH is 1. The first-order valence-corrected chi connectivity index (χ1v) is 5.63. The third-order valence-electron chi connectivity index (χ3n) is 4.28. The van der Waals surface area contributed by atoms with Gasteiger partial charge >= 0.3 is 0 Å². The molecule has 0 radical (unpaired) electrons. The van der Waals surface area contributed by atoms with Crippen LogP contribution < -0.4 is 0 Å². The molecule has 0 heterocycles. The van der Waals surface area contributed by atoms with Gasteiger partial charge in [0.05, 0.1) is 0 Å². The first-order chi connectivity index (χ1) is 6.03. The third kappa shape index (κ3) is 1.90. The Morgan fingerprint density at radius 3 is 2.38 bits per heavy atom. The fraction of sp³-hybridized carbons (Fsp3) is 1.00. The maximum atomic E-state index is 9.57. The van der Waals surface area contributed by atoms with Gasteiger partial charge < -0.3 is 5.11 Å². The van der Waals surface area contributed by atoms with Crippen LogP contribution in [0, 0.1) is 23.2 Å². The van der Waals surface area contributed by atoms with E-state index in [4.69, 9.17) is 0 Å². The van der Waals surface area contributed by atoms with Crippen molar-refractivity contribution >= 4 is 0 Å². The first-order valence-electron chi connectivity index (χ1n) is 5.63. The molecule has 1 aliphatic rings. The van der Waals surface area contributed by atoms with Gasteiger partial charge in [0.25, 0.3) is 0 Å². The van der Waals surface area contributed by atoms with E-state index in [-0.39, 0.29) is 5.41 Å². The Hall–Kier alpha value is -0.0400. The zero-order valence-corrected chi connectivity index (χ0v) is 9.51. The van der Waals surface area contributed by atoms with Gasteiger partial charge in [0.1, 0.15) is 0 Å². The van der Waals surface area contributed by atoms with Crippen LogP contribution in [0.1, 0.15) is 47.0 Å². The molecule has 0 aromatic carbocycles. The summed E-state index contributed by atoms with van der Waals surface area (Å²) in [5.41, 5.74) is 0.215. The van der Waals surface area contributed by atoms with E-state index in [0.717, 1.165) is 5.92 Å². The van der Waals surface area contributed by atoms with Crippen LogP contribution in [0.15, 0.2) is 0 Å². The average molecular weight is 184 g/mol. The number of aliphatic hydroxyl groups is 1. The minimum atomic E-state index is 0.215. The molecule has 0 aromatic heterocycles. The second kappa shape index (κ2) is 4.00. The molecule has 1 nitrogen and oxygen atoms in total. The zero-order chi connectivity index (χ0) is 10.1. The highest BCUT2D eigenvalue weighted by molar-refractivity contribution is 4.91. The fourth-order valence-corrected chi connectivity index (χ4v) is 2.99. The van der Waals surface area contributed by atoms with Crippen molar-refractivity contribution in [3.63, 3.8) is 0 Å². The van der Waals surface area contributed by atoms with Gasteiger partial charge in [0.15, 0.2) is 0 Å². The molecule has 1 fully saturated rings. The lowest BCUT2D eigenvalue weighted by Gasteiger charge is -2.46. The van der Waals surface area contributed by atoms with Crippen LogP contribution in [0.3, 0.4) is 0 Å². The normalized spacial score (nSPS) is 41.1. The standard InChI is InChI=1S/C12H24O/c1-9(2)12(8-13)6-5-10(3)7-11(12)4/h9-11,13H,5-8H2,1-4H3. The molecule has 78 valence electrons. The van der Waals surface area contributed by atoms with Gasteiger partial charge in [0.2, 0.25) is 0 Å². The molecule has 1 aliphatic carbocycles. The van der Waals surface area contributed by atoms with Crippen LogP contribution in [-0.2, 0) is 0 Å². The Morgan fingerprint density at radius 1 is 1.38 bits per heavy atom. The highest BCUT2D eigenvalue weighted by atomic mass is 16.3. The summed E-state index contributed by atoms with van der Waals surface area (Å²) >= 11 is 0. The second-order valence-electron chi connectivity index (χ2n) is 5.33. The van der Waals surface area contributed by atoms with Crippen LogP contribution >= 0.6 is 0 Å². The molecule has 0 amide bonds.